The molecule has 0 saturated heterocycles. The van der Waals surface area contributed by atoms with Crippen LogP contribution in [0.15, 0.2) is 18.2 Å². The van der Waals surface area contributed by atoms with Crippen molar-refractivity contribution >= 4 is 28.9 Å². The summed E-state index contributed by atoms with van der Waals surface area (Å²) in [5.41, 5.74) is 1.67. The van der Waals surface area contributed by atoms with Gasteiger partial charge in [-0.2, -0.15) is 0 Å². The minimum atomic E-state index is 0.0101. The summed E-state index contributed by atoms with van der Waals surface area (Å²) in [4.78, 5) is 11.4. The third-order valence-corrected chi connectivity index (χ3v) is 3.79. The Morgan fingerprint density at radius 3 is 2.67 bits per heavy atom. The summed E-state index contributed by atoms with van der Waals surface area (Å²) in [6.45, 7) is 6.22. The van der Waals surface area contributed by atoms with Crippen LogP contribution in [-0.4, -0.2) is 11.9 Å². The SMILES string of the molecule is CCCCCCC(C)Nc1cc(NC(=O)CC)ccc1Cl. The molecular weight excluding hydrogens is 284 g/mol. The smallest absolute Gasteiger partial charge is 0.224 e. The summed E-state index contributed by atoms with van der Waals surface area (Å²) in [5, 5.41) is 6.98. The minimum Gasteiger partial charge on any atom is -0.381 e. The number of unbranched alkanes of at least 4 members (excludes halogenated alkanes) is 3. The van der Waals surface area contributed by atoms with E-state index in [0.29, 0.717) is 17.5 Å². The standard InChI is InChI=1S/C17H27ClN2O/c1-4-6-7-8-9-13(3)19-16-12-14(10-11-15(16)18)20-17(21)5-2/h10-13,19H,4-9H2,1-3H3,(H,20,21). The zero-order valence-corrected chi connectivity index (χ0v) is 14.1. The molecule has 0 aliphatic rings. The molecule has 3 nitrogen and oxygen atoms in total. The first-order valence-electron chi connectivity index (χ1n) is 7.92. The van der Waals surface area contributed by atoms with Crippen LogP contribution in [-0.2, 0) is 4.79 Å². The molecule has 0 bridgehead atoms. The summed E-state index contributed by atoms with van der Waals surface area (Å²) in [7, 11) is 0. The summed E-state index contributed by atoms with van der Waals surface area (Å²) in [5.74, 6) is 0.0101. The summed E-state index contributed by atoms with van der Waals surface area (Å²) in [6.07, 6.45) is 6.66. The lowest BCUT2D eigenvalue weighted by molar-refractivity contribution is -0.115. The van der Waals surface area contributed by atoms with E-state index in [1.165, 1.54) is 25.7 Å². The highest BCUT2D eigenvalue weighted by molar-refractivity contribution is 6.33. The molecule has 4 heteroatoms. The first-order valence-corrected chi connectivity index (χ1v) is 8.30. The molecule has 0 spiro atoms. The average Bonchev–Trinajstić information content (AvgIpc) is 2.47. The van der Waals surface area contributed by atoms with Gasteiger partial charge in [0.1, 0.15) is 0 Å². The van der Waals surface area contributed by atoms with Gasteiger partial charge in [0.15, 0.2) is 0 Å². The molecule has 1 rings (SSSR count). The number of benzene rings is 1. The Labute approximate surface area is 133 Å². The van der Waals surface area contributed by atoms with Crippen molar-refractivity contribution in [3.63, 3.8) is 0 Å². The van der Waals surface area contributed by atoms with Crippen LogP contribution < -0.4 is 10.6 Å². The molecule has 0 heterocycles. The molecule has 2 N–H and O–H groups in total. The molecule has 1 atom stereocenters. The summed E-state index contributed by atoms with van der Waals surface area (Å²) < 4.78 is 0. The van der Waals surface area contributed by atoms with Gasteiger partial charge in [-0.15, -0.1) is 0 Å². The van der Waals surface area contributed by atoms with E-state index >= 15 is 0 Å². The molecule has 0 aliphatic carbocycles. The van der Waals surface area contributed by atoms with Crippen molar-refractivity contribution in [2.75, 3.05) is 10.6 Å². The lowest BCUT2D eigenvalue weighted by Crippen LogP contribution is -2.16. The number of anilines is 2. The first-order chi connectivity index (χ1) is 10.1. The van der Waals surface area contributed by atoms with Gasteiger partial charge in [-0.05, 0) is 31.5 Å². The highest BCUT2D eigenvalue weighted by atomic mass is 35.5. The lowest BCUT2D eigenvalue weighted by Gasteiger charge is -2.17. The van der Waals surface area contributed by atoms with E-state index in [1.807, 2.05) is 25.1 Å². The molecule has 0 radical (unpaired) electrons. The van der Waals surface area contributed by atoms with Crippen LogP contribution in [0.5, 0.6) is 0 Å². The van der Waals surface area contributed by atoms with Crippen LogP contribution in [0.3, 0.4) is 0 Å². The molecule has 1 aromatic rings. The topological polar surface area (TPSA) is 41.1 Å². The average molecular weight is 311 g/mol. The number of rotatable bonds is 9. The summed E-state index contributed by atoms with van der Waals surface area (Å²) >= 11 is 6.22. The van der Waals surface area contributed by atoms with Crippen LogP contribution in [0, 0.1) is 0 Å². The zero-order chi connectivity index (χ0) is 15.7. The summed E-state index contributed by atoms with van der Waals surface area (Å²) in [6, 6.07) is 5.92. The van der Waals surface area contributed by atoms with Crippen molar-refractivity contribution < 1.29 is 4.79 Å². The second kappa shape index (κ2) is 9.67. The van der Waals surface area contributed by atoms with Gasteiger partial charge in [0.2, 0.25) is 5.91 Å². The Kier molecular flexibility index (Phi) is 8.21. The number of hydrogen-bond donors (Lipinski definition) is 2. The number of carbonyl (C=O) groups excluding carboxylic acids is 1. The van der Waals surface area contributed by atoms with Gasteiger partial charge < -0.3 is 10.6 Å². The number of nitrogens with one attached hydrogen (secondary N) is 2. The second-order valence-corrected chi connectivity index (χ2v) is 5.90. The number of amides is 1. The fourth-order valence-corrected chi connectivity index (χ4v) is 2.35. The fourth-order valence-electron chi connectivity index (χ4n) is 2.18. The van der Waals surface area contributed by atoms with Crippen LogP contribution in [0.2, 0.25) is 5.02 Å². The first kappa shape index (κ1) is 17.8. The van der Waals surface area contributed by atoms with E-state index < -0.39 is 0 Å². The highest BCUT2D eigenvalue weighted by Crippen LogP contribution is 2.27. The predicted molar refractivity (Wildman–Crippen MR) is 92.2 cm³/mol. The molecule has 1 amide bonds. The normalized spacial score (nSPS) is 12.0. The van der Waals surface area contributed by atoms with Crippen molar-refractivity contribution in [1.82, 2.24) is 0 Å². The maximum Gasteiger partial charge on any atom is 0.224 e. The molecule has 1 unspecified atom stereocenters. The van der Waals surface area contributed by atoms with Crippen LogP contribution in [0.25, 0.3) is 0 Å². The van der Waals surface area contributed by atoms with Crippen molar-refractivity contribution in [1.29, 1.82) is 0 Å². The van der Waals surface area contributed by atoms with Crippen LogP contribution in [0.1, 0.15) is 59.3 Å². The molecule has 0 aliphatic heterocycles. The molecule has 21 heavy (non-hydrogen) atoms. The third kappa shape index (κ3) is 6.85. The van der Waals surface area contributed by atoms with Gasteiger partial charge in [-0.1, -0.05) is 51.1 Å². The minimum absolute atomic E-state index is 0.0101. The number of halogens is 1. The Morgan fingerprint density at radius 1 is 1.24 bits per heavy atom. The van der Waals surface area contributed by atoms with Crippen LogP contribution in [0.4, 0.5) is 11.4 Å². The van der Waals surface area contributed by atoms with Crippen molar-refractivity contribution in [2.45, 2.75) is 65.3 Å². The quantitative estimate of drug-likeness (QED) is 0.595. The van der Waals surface area contributed by atoms with E-state index in [0.717, 1.165) is 17.8 Å². The van der Waals surface area contributed by atoms with Crippen molar-refractivity contribution in [3.8, 4) is 0 Å². The maximum absolute atomic E-state index is 11.4. The Balaban J connectivity index is 2.56. The molecule has 0 fully saturated rings. The molecule has 118 valence electrons. The molecule has 0 aromatic heterocycles. The van der Waals surface area contributed by atoms with E-state index in [-0.39, 0.29) is 5.91 Å². The number of carbonyl (C=O) groups is 1. The van der Waals surface area contributed by atoms with Gasteiger partial charge in [0, 0.05) is 18.2 Å². The highest BCUT2D eigenvalue weighted by Gasteiger charge is 2.07. The van der Waals surface area contributed by atoms with Gasteiger partial charge in [-0.25, -0.2) is 0 Å². The molecule has 1 aromatic carbocycles. The molecule has 0 saturated carbocycles. The van der Waals surface area contributed by atoms with E-state index in [9.17, 15) is 4.79 Å². The van der Waals surface area contributed by atoms with Gasteiger partial charge >= 0.3 is 0 Å². The van der Waals surface area contributed by atoms with E-state index in [2.05, 4.69) is 24.5 Å². The van der Waals surface area contributed by atoms with E-state index in [1.54, 1.807) is 0 Å². The monoisotopic (exact) mass is 310 g/mol. The van der Waals surface area contributed by atoms with Gasteiger partial charge in [0.25, 0.3) is 0 Å². The number of hydrogen-bond acceptors (Lipinski definition) is 2. The Morgan fingerprint density at radius 2 is 2.00 bits per heavy atom. The molecular formula is C17H27ClN2O. The van der Waals surface area contributed by atoms with E-state index in [4.69, 9.17) is 11.6 Å². The van der Waals surface area contributed by atoms with Crippen LogP contribution >= 0.6 is 11.6 Å². The third-order valence-electron chi connectivity index (χ3n) is 3.46. The van der Waals surface area contributed by atoms with Gasteiger partial charge in [0.05, 0.1) is 10.7 Å². The predicted octanol–water partition coefficient (Wildman–Crippen LogP) is 5.46. The van der Waals surface area contributed by atoms with Crippen molar-refractivity contribution in [3.05, 3.63) is 23.2 Å². The zero-order valence-electron chi connectivity index (χ0n) is 13.3. The van der Waals surface area contributed by atoms with Gasteiger partial charge in [-0.3, -0.25) is 4.79 Å². The Hall–Kier alpha value is -1.22. The largest absolute Gasteiger partial charge is 0.381 e. The Bertz CT molecular complexity index is 448. The lowest BCUT2D eigenvalue weighted by atomic mass is 10.1. The maximum atomic E-state index is 11.4. The second-order valence-electron chi connectivity index (χ2n) is 5.49. The van der Waals surface area contributed by atoms with Crippen molar-refractivity contribution in [2.24, 2.45) is 0 Å². The fraction of sp³-hybridized carbons (Fsp3) is 0.588.